The van der Waals surface area contributed by atoms with Crippen LogP contribution in [-0.4, -0.2) is 53.1 Å². The summed E-state index contributed by atoms with van der Waals surface area (Å²) < 4.78 is 0. The van der Waals surface area contributed by atoms with E-state index in [9.17, 15) is 14.7 Å². The lowest BCUT2D eigenvalue weighted by Gasteiger charge is -2.27. The lowest BCUT2D eigenvalue weighted by Crippen LogP contribution is -2.49. The zero-order valence-electron chi connectivity index (χ0n) is 13.0. The van der Waals surface area contributed by atoms with E-state index in [1.807, 2.05) is 11.8 Å². The van der Waals surface area contributed by atoms with E-state index in [1.165, 1.54) is 23.5 Å². The molecule has 0 aromatic rings. The predicted molar refractivity (Wildman–Crippen MR) is 86.8 cm³/mol. The van der Waals surface area contributed by atoms with Crippen molar-refractivity contribution in [3.63, 3.8) is 0 Å². The van der Waals surface area contributed by atoms with Gasteiger partial charge in [0.1, 0.15) is 6.04 Å². The molecule has 1 aliphatic heterocycles. The van der Waals surface area contributed by atoms with E-state index in [0.29, 0.717) is 19.5 Å². The molecule has 1 fully saturated rings. The molecule has 21 heavy (non-hydrogen) atoms. The number of hydrogen-bond acceptors (Lipinski definition) is 3. The second kappa shape index (κ2) is 10.8. The predicted octanol–water partition coefficient (Wildman–Crippen LogP) is 2.95. The number of hydrogen-bond donors (Lipinski definition) is 2. The summed E-state index contributed by atoms with van der Waals surface area (Å²) in [6, 6.07) is -0.873. The fourth-order valence-corrected chi connectivity index (χ4v) is 3.12. The van der Waals surface area contributed by atoms with E-state index in [-0.39, 0.29) is 6.03 Å². The molecule has 0 saturated carbocycles. The second-order valence-corrected chi connectivity index (χ2v) is 6.52. The maximum Gasteiger partial charge on any atom is 0.326 e. The highest BCUT2D eigenvalue weighted by Gasteiger charge is 2.30. The quantitative estimate of drug-likeness (QED) is 0.676. The van der Waals surface area contributed by atoms with E-state index in [1.54, 1.807) is 0 Å². The summed E-state index contributed by atoms with van der Waals surface area (Å²) >= 11 is 1.86. The molecule has 0 radical (unpaired) electrons. The monoisotopic (exact) mass is 316 g/mol. The summed E-state index contributed by atoms with van der Waals surface area (Å²) in [5.41, 5.74) is 0. The van der Waals surface area contributed by atoms with Gasteiger partial charge in [0, 0.05) is 13.1 Å². The molecular formula is C15H28N2O3S. The van der Waals surface area contributed by atoms with Gasteiger partial charge in [0.15, 0.2) is 0 Å². The first-order chi connectivity index (χ1) is 10.2. The topological polar surface area (TPSA) is 69.6 Å². The van der Waals surface area contributed by atoms with Gasteiger partial charge in [0.2, 0.25) is 0 Å². The van der Waals surface area contributed by atoms with Crippen LogP contribution in [0.2, 0.25) is 0 Å². The van der Waals surface area contributed by atoms with Crippen LogP contribution in [0.3, 0.4) is 0 Å². The first-order valence-electron chi connectivity index (χ1n) is 7.93. The number of carboxylic acids is 1. The Balaban J connectivity index is 2.26. The highest BCUT2D eigenvalue weighted by atomic mass is 32.2. The molecule has 0 aromatic heterocycles. The number of carboxylic acid groups (broad SMARTS) is 1. The SMILES string of the molecule is CSCCCCCCNC(=O)N1CCCCCC1C(=O)O. The summed E-state index contributed by atoms with van der Waals surface area (Å²) in [5.74, 6) is 0.310. The number of urea groups is 1. The van der Waals surface area contributed by atoms with Crippen molar-refractivity contribution in [1.82, 2.24) is 10.2 Å². The Morgan fingerprint density at radius 3 is 2.67 bits per heavy atom. The van der Waals surface area contributed by atoms with Gasteiger partial charge in [-0.15, -0.1) is 0 Å². The fraction of sp³-hybridized carbons (Fsp3) is 0.867. The van der Waals surface area contributed by atoms with Crippen LogP contribution in [0.5, 0.6) is 0 Å². The molecule has 1 heterocycles. The number of amides is 2. The average Bonchev–Trinajstić information content (AvgIpc) is 2.72. The van der Waals surface area contributed by atoms with Gasteiger partial charge >= 0.3 is 12.0 Å². The Kier molecular flexibility index (Phi) is 9.30. The summed E-state index contributed by atoms with van der Waals surface area (Å²) in [5, 5.41) is 12.1. The van der Waals surface area contributed by atoms with Crippen molar-refractivity contribution in [2.24, 2.45) is 0 Å². The number of carbonyl (C=O) groups excluding carboxylic acids is 1. The van der Waals surface area contributed by atoms with E-state index in [0.717, 1.165) is 32.1 Å². The summed E-state index contributed by atoms with van der Waals surface area (Å²) in [6.45, 7) is 1.19. The molecule has 2 amide bonds. The number of unbranched alkanes of at least 4 members (excludes halogenated alkanes) is 3. The summed E-state index contributed by atoms with van der Waals surface area (Å²) in [4.78, 5) is 24.9. The van der Waals surface area contributed by atoms with E-state index >= 15 is 0 Å². The Labute approximate surface area is 131 Å². The van der Waals surface area contributed by atoms with Crippen LogP contribution in [0.15, 0.2) is 0 Å². The fourth-order valence-electron chi connectivity index (χ4n) is 2.63. The highest BCUT2D eigenvalue weighted by Crippen LogP contribution is 2.17. The minimum Gasteiger partial charge on any atom is -0.480 e. The van der Waals surface area contributed by atoms with Crippen LogP contribution in [-0.2, 0) is 4.79 Å². The van der Waals surface area contributed by atoms with Gasteiger partial charge in [0.05, 0.1) is 0 Å². The molecule has 0 spiro atoms. The third-order valence-corrected chi connectivity index (χ3v) is 4.55. The van der Waals surface area contributed by atoms with Crippen LogP contribution in [0.4, 0.5) is 4.79 Å². The molecule has 6 heteroatoms. The molecule has 122 valence electrons. The van der Waals surface area contributed by atoms with Gasteiger partial charge in [-0.3, -0.25) is 0 Å². The smallest absolute Gasteiger partial charge is 0.326 e. The first-order valence-corrected chi connectivity index (χ1v) is 9.32. The van der Waals surface area contributed by atoms with Crippen LogP contribution >= 0.6 is 11.8 Å². The third-order valence-electron chi connectivity index (χ3n) is 3.85. The van der Waals surface area contributed by atoms with E-state index in [2.05, 4.69) is 11.6 Å². The number of nitrogens with one attached hydrogen (secondary N) is 1. The van der Waals surface area contributed by atoms with Crippen molar-refractivity contribution in [3.8, 4) is 0 Å². The lowest BCUT2D eigenvalue weighted by molar-refractivity contribution is -0.142. The number of carbonyl (C=O) groups is 2. The van der Waals surface area contributed by atoms with Gasteiger partial charge in [-0.05, 0) is 37.7 Å². The molecule has 1 atom stereocenters. The molecule has 1 rings (SSSR count). The van der Waals surface area contributed by atoms with Crippen LogP contribution in [0.1, 0.15) is 51.4 Å². The zero-order valence-corrected chi connectivity index (χ0v) is 13.8. The number of nitrogens with zero attached hydrogens (tertiary/aromatic N) is 1. The van der Waals surface area contributed by atoms with Crippen LogP contribution in [0, 0.1) is 0 Å². The van der Waals surface area contributed by atoms with Crippen molar-refractivity contribution in [1.29, 1.82) is 0 Å². The molecular weight excluding hydrogens is 288 g/mol. The Hall–Kier alpha value is -0.910. The lowest BCUT2D eigenvalue weighted by atomic mass is 10.1. The van der Waals surface area contributed by atoms with Gasteiger partial charge in [-0.25, -0.2) is 9.59 Å². The second-order valence-electron chi connectivity index (χ2n) is 5.54. The molecule has 1 aliphatic rings. The Morgan fingerprint density at radius 1 is 1.19 bits per heavy atom. The van der Waals surface area contributed by atoms with Crippen LogP contribution in [0.25, 0.3) is 0 Å². The van der Waals surface area contributed by atoms with Gasteiger partial charge in [0.25, 0.3) is 0 Å². The number of likely N-dealkylation sites (tertiary alicyclic amines) is 1. The zero-order chi connectivity index (χ0) is 15.5. The van der Waals surface area contributed by atoms with Crippen molar-refractivity contribution in [3.05, 3.63) is 0 Å². The molecule has 1 unspecified atom stereocenters. The minimum absolute atomic E-state index is 0.214. The normalized spacial score (nSPS) is 19.1. The third kappa shape index (κ3) is 7.07. The Bertz CT molecular complexity index is 326. The van der Waals surface area contributed by atoms with Crippen molar-refractivity contribution >= 4 is 23.8 Å². The van der Waals surface area contributed by atoms with Gasteiger partial charge in [-0.2, -0.15) is 11.8 Å². The first kappa shape index (κ1) is 18.1. The molecule has 5 nitrogen and oxygen atoms in total. The maximum atomic E-state index is 12.1. The minimum atomic E-state index is -0.885. The molecule has 0 bridgehead atoms. The van der Waals surface area contributed by atoms with Crippen molar-refractivity contribution in [2.75, 3.05) is 25.1 Å². The molecule has 0 aromatic carbocycles. The molecule has 1 saturated heterocycles. The standard InChI is InChI=1S/C15H28N2O3S/c1-21-12-8-3-2-6-10-16-15(20)17-11-7-4-5-9-13(17)14(18)19/h13H,2-12H2,1H3,(H,16,20)(H,18,19). The van der Waals surface area contributed by atoms with E-state index in [4.69, 9.17) is 0 Å². The number of aliphatic carboxylic acids is 1. The van der Waals surface area contributed by atoms with Gasteiger partial charge < -0.3 is 15.3 Å². The number of thioether (sulfide) groups is 1. The number of rotatable bonds is 8. The van der Waals surface area contributed by atoms with Crippen molar-refractivity contribution < 1.29 is 14.7 Å². The maximum absolute atomic E-state index is 12.1. The summed E-state index contributed by atoms with van der Waals surface area (Å²) in [6.07, 6.45) is 9.96. The summed E-state index contributed by atoms with van der Waals surface area (Å²) in [7, 11) is 0. The van der Waals surface area contributed by atoms with Crippen LogP contribution < -0.4 is 5.32 Å². The van der Waals surface area contributed by atoms with Gasteiger partial charge in [-0.1, -0.05) is 25.7 Å². The van der Waals surface area contributed by atoms with E-state index < -0.39 is 12.0 Å². The molecule has 0 aliphatic carbocycles. The Morgan fingerprint density at radius 2 is 1.95 bits per heavy atom. The highest BCUT2D eigenvalue weighted by molar-refractivity contribution is 7.98. The molecule has 2 N–H and O–H groups in total. The van der Waals surface area contributed by atoms with Crippen molar-refractivity contribution in [2.45, 2.75) is 57.4 Å². The average molecular weight is 316 g/mol. The largest absolute Gasteiger partial charge is 0.480 e.